The molecule has 2 aliphatic rings. The highest BCUT2D eigenvalue weighted by atomic mass is 32.3. The van der Waals surface area contributed by atoms with Crippen LogP contribution in [-0.2, 0) is 20.4 Å². The number of sulfonamides is 1. The van der Waals surface area contributed by atoms with Crippen LogP contribution in [0.4, 0.5) is 11.4 Å². The Morgan fingerprint density at radius 2 is 1.88 bits per heavy atom. The van der Waals surface area contributed by atoms with Crippen LogP contribution in [0.5, 0.6) is 0 Å². The van der Waals surface area contributed by atoms with Crippen LogP contribution >= 0.6 is 10.8 Å². The Bertz CT molecular complexity index is 1350. The first-order valence-electron chi connectivity index (χ1n) is 10.4. The first-order valence-corrected chi connectivity index (χ1v) is 13.8. The molecule has 10 nitrogen and oxygen atoms in total. The van der Waals surface area contributed by atoms with Gasteiger partial charge in [-0.25, -0.2) is 8.42 Å². The number of benzene rings is 2. The molecule has 1 aliphatic heterocycles. The van der Waals surface area contributed by atoms with E-state index in [2.05, 4.69) is 14.4 Å². The normalized spacial score (nSPS) is 22.3. The molecule has 2 aromatic carbocycles. The predicted octanol–water partition coefficient (Wildman–Crippen LogP) is 3.84. The number of fused-ring (bicyclic) bond motifs is 2. The Labute approximate surface area is 198 Å². The Morgan fingerprint density at radius 1 is 1.18 bits per heavy atom. The number of Topliss-reactive ketones (excluding diaryl/α,β-unsaturated/α-hetero) is 1. The van der Waals surface area contributed by atoms with E-state index in [1.807, 2.05) is 6.92 Å². The first-order chi connectivity index (χ1) is 15.9. The van der Waals surface area contributed by atoms with Crippen molar-refractivity contribution in [3.8, 4) is 0 Å². The number of aliphatic hydroxyl groups is 2. The fourth-order valence-corrected chi connectivity index (χ4v) is 5.83. The Kier molecular flexibility index (Phi) is 5.98. The Hall–Kier alpha value is -2.90. The van der Waals surface area contributed by atoms with E-state index < -0.39 is 37.9 Å². The van der Waals surface area contributed by atoms with Crippen molar-refractivity contribution in [3.05, 3.63) is 59.2 Å². The third-order valence-corrected chi connectivity index (χ3v) is 7.62. The van der Waals surface area contributed by atoms with Gasteiger partial charge in [0.25, 0.3) is 0 Å². The summed E-state index contributed by atoms with van der Waals surface area (Å²) in [4.78, 5) is 13.5. The molecule has 6 N–H and O–H groups in total. The van der Waals surface area contributed by atoms with Crippen LogP contribution in [0.15, 0.2) is 57.3 Å². The van der Waals surface area contributed by atoms with E-state index in [0.717, 1.165) is 12.7 Å². The molecule has 0 radical (unpaired) electrons. The smallest absolute Gasteiger partial charge is 0.229 e. The van der Waals surface area contributed by atoms with Crippen LogP contribution in [0.25, 0.3) is 5.76 Å². The van der Waals surface area contributed by atoms with Gasteiger partial charge in [-0.05, 0) is 24.6 Å². The van der Waals surface area contributed by atoms with Gasteiger partial charge in [0.05, 0.1) is 17.6 Å². The van der Waals surface area contributed by atoms with Gasteiger partial charge in [-0.2, -0.15) is 0 Å². The minimum atomic E-state index is -3.89. The lowest BCUT2D eigenvalue weighted by Gasteiger charge is -2.38. The predicted molar refractivity (Wildman–Crippen MR) is 132 cm³/mol. The average molecular weight is 508 g/mol. The molecule has 1 atom stereocenters. The lowest BCUT2D eigenvalue weighted by atomic mass is 9.74. The van der Waals surface area contributed by atoms with E-state index >= 15 is 0 Å². The molecule has 0 fully saturated rings. The number of rotatable bonds is 6. The molecular weight excluding hydrogens is 482 g/mol. The van der Waals surface area contributed by atoms with E-state index in [1.165, 1.54) is 18.2 Å². The second-order valence-corrected chi connectivity index (χ2v) is 11.6. The number of hydrogen-bond acceptors (Lipinski definition) is 9. The molecule has 12 heteroatoms. The SMILES string of the molecule is CCCCC1(O)C(=O)C(C2=NS(O)(O)c3cc(NS(C)(=O)=O)ccc3N2)=C(O)c2ccccc21. The maximum absolute atomic E-state index is 13.5. The molecular formula is C22H25N3O7S2. The Morgan fingerprint density at radius 3 is 2.56 bits per heavy atom. The van der Waals surface area contributed by atoms with Crippen LogP contribution in [0.2, 0.25) is 0 Å². The van der Waals surface area contributed by atoms with Crippen LogP contribution in [0, 0.1) is 0 Å². The average Bonchev–Trinajstić information content (AvgIpc) is 2.76. The molecule has 0 saturated heterocycles. The van der Waals surface area contributed by atoms with Crippen LogP contribution in [0.1, 0.15) is 37.3 Å². The number of carbonyl (C=O) groups is 1. The molecule has 1 heterocycles. The third kappa shape index (κ3) is 4.18. The molecule has 0 aromatic heterocycles. The zero-order valence-electron chi connectivity index (χ0n) is 18.4. The van der Waals surface area contributed by atoms with Crippen molar-refractivity contribution in [1.29, 1.82) is 0 Å². The van der Waals surface area contributed by atoms with Crippen molar-refractivity contribution < 1.29 is 32.5 Å². The molecule has 0 amide bonds. The van der Waals surface area contributed by atoms with E-state index in [9.17, 15) is 32.5 Å². The van der Waals surface area contributed by atoms with Crippen LogP contribution in [0.3, 0.4) is 0 Å². The van der Waals surface area contributed by atoms with Crippen molar-refractivity contribution in [2.45, 2.75) is 36.7 Å². The molecule has 1 aliphatic carbocycles. The summed E-state index contributed by atoms with van der Waals surface area (Å²) in [6.45, 7) is 1.92. The lowest BCUT2D eigenvalue weighted by molar-refractivity contribution is -0.135. The van der Waals surface area contributed by atoms with Crippen molar-refractivity contribution >= 4 is 49.6 Å². The van der Waals surface area contributed by atoms with Crippen LogP contribution < -0.4 is 10.0 Å². The van der Waals surface area contributed by atoms with Gasteiger partial charge in [0.15, 0.2) is 11.4 Å². The number of ketones is 1. The fourth-order valence-electron chi connectivity index (χ4n) is 4.09. The second kappa shape index (κ2) is 8.40. The van der Waals surface area contributed by atoms with E-state index in [1.54, 1.807) is 24.3 Å². The zero-order chi connectivity index (χ0) is 24.9. The first kappa shape index (κ1) is 24.2. The number of carbonyl (C=O) groups excluding carboxylic acids is 1. The number of unbranched alkanes of at least 4 members (excludes halogenated alkanes) is 1. The van der Waals surface area contributed by atoms with Gasteiger partial charge in [-0.15, -0.1) is 4.40 Å². The number of amidine groups is 1. The maximum atomic E-state index is 13.5. The summed E-state index contributed by atoms with van der Waals surface area (Å²) in [5, 5.41) is 25.3. The summed E-state index contributed by atoms with van der Waals surface area (Å²) in [5.41, 5.74) is -1.51. The molecule has 0 bridgehead atoms. The largest absolute Gasteiger partial charge is 0.506 e. The van der Waals surface area contributed by atoms with Crippen molar-refractivity contribution in [2.24, 2.45) is 4.40 Å². The van der Waals surface area contributed by atoms with Gasteiger partial charge in [0.2, 0.25) is 15.8 Å². The summed E-state index contributed by atoms with van der Waals surface area (Å²) in [7, 11) is -7.49. The molecule has 4 rings (SSSR count). The van der Waals surface area contributed by atoms with E-state index in [-0.39, 0.29) is 45.2 Å². The topological polar surface area (TPSA) is 169 Å². The number of aliphatic hydroxyl groups excluding tert-OH is 1. The third-order valence-electron chi connectivity index (χ3n) is 5.65. The van der Waals surface area contributed by atoms with Crippen molar-refractivity contribution in [1.82, 2.24) is 0 Å². The number of nitrogens with zero attached hydrogens (tertiary/aromatic N) is 1. The zero-order valence-corrected chi connectivity index (χ0v) is 20.1. The summed E-state index contributed by atoms with van der Waals surface area (Å²) in [6.07, 6.45) is 2.33. The second-order valence-electron chi connectivity index (χ2n) is 8.23. The highest BCUT2D eigenvalue weighted by Gasteiger charge is 2.48. The van der Waals surface area contributed by atoms with E-state index in [4.69, 9.17) is 0 Å². The maximum Gasteiger partial charge on any atom is 0.229 e. The molecule has 182 valence electrons. The van der Waals surface area contributed by atoms with Crippen molar-refractivity contribution in [2.75, 3.05) is 16.3 Å². The summed E-state index contributed by atoms with van der Waals surface area (Å²) < 4.78 is 50.7. The van der Waals surface area contributed by atoms with Gasteiger partial charge >= 0.3 is 0 Å². The van der Waals surface area contributed by atoms with Gasteiger partial charge in [0, 0.05) is 11.1 Å². The highest BCUT2D eigenvalue weighted by molar-refractivity contribution is 8.23. The number of nitrogens with one attached hydrogen (secondary N) is 2. The van der Waals surface area contributed by atoms with Crippen LogP contribution in [-0.4, -0.2) is 45.6 Å². The number of hydrogen-bond donors (Lipinski definition) is 6. The molecule has 0 spiro atoms. The minimum absolute atomic E-state index is 0.0881. The summed E-state index contributed by atoms with van der Waals surface area (Å²) in [6, 6.07) is 10.5. The highest BCUT2D eigenvalue weighted by Crippen LogP contribution is 2.57. The summed E-state index contributed by atoms with van der Waals surface area (Å²) >= 11 is 0. The minimum Gasteiger partial charge on any atom is -0.506 e. The fraction of sp³-hybridized carbons (Fsp3) is 0.273. The van der Waals surface area contributed by atoms with Gasteiger partial charge < -0.3 is 15.5 Å². The standard InChI is InChI=1S/C22H25N3O7S2/c1-3-4-11-22(28)15-8-6-5-7-14(15)19(26)18(20(22)27)21-23-16-10-9-13(24-33(2,29)30)12-17(16)34(31,32)25-21/h5-10,12,24,26,28,31-32H,3-4,11H2,1-2H3,(H,23,25). The quantitative estimate of drug-likeness (QED) is 0.343. The number of anilines is 2. The lowest BCUT2D eigenvalue weighted by Crippen LogP contribution is -2.44. The Balaban J connectivity index is 1.83. The monoisotopic (exact) mass is 507 g/mol. The van der Waals surface area contributed by atoms with Gasteiger partial charge in [-0.1, -0.05) is 54.8 Å². The molecule has 34 heavy (non-hydrogen) atoms. The molecule has 2 aromatic rings. The van der Waals surface area contributed by atoms with Gasteiger partial charge in [-0.3, -0.25) is 18.6 Å². The van der Waals surface area contributed by atoms with E-state index in [0.29, 0.717) is 6.42 Å². The molecule has 0 saturated carbocycles. The van der Waals surface area contributed by atoms with Crippen molar-refractivity contribution in [3.63, 3.8) is 0 Å². The van der Waals surface area contributed by atoms with Gasteiger partial charge in [0.1, 0.15) is 16.2 Å². The summed E-state index contributed by atoms with van der Waals surface area (Å²) in [5.74, 6) is -1.55. The molecule has 1 unspecified atom stereocenters.